The van der Waals surface area contributed by atoms with Gasteiger partial charge in [-0.2, -0.15) is 0 Å². The smallest absolute Gasteiger partial charge is 0.173 e. The van der Waals surface area contributed by atoms with E-state index in [1.54, 1.807) is 22.7 Å². The molecule has 154 valence electrons. The molecule has 5 heterocycles. The van der Waals surface area contributed by atoms with Crippen molar-refractivity contribution in [1.29, 1.82) is 0 Å². The molecular weight excluding hydrogens is 424 g/mol. The molecule has 1 atom stereocenters. The maximum atomic E-state index is 11.9. The lowest BCUT2D eigenvalue weighted by molar-refractivity contribution is 0.200. The van der Waals surface area contributed by atoms with Gasteiger partial charge in [0.1, 0.15) is 10.6 Å². The molecule has 3 aromatic rings. The van der Waals surface area contributed by atoms with Crippen molar-refractivity contribution in [1.82, 2.24) is 14.9 Å². The Labute approximate surface area is 179 Å². The van der Waals surface area contributed by atoms with E-state index in [0.29, 0.717) is 11.5 Å². The Hall–Kier alpha value is -1.55. The SMILES string of the molecule is Cc1sc2nc(-c3cccs3)nc(N3CCN(C4CCS(=O)(=O)C4)CC3)c2c1C. The highest BCUT2D eigenvalue weighted by molar-refractivity contribution is 7.91. The lowest BCUT2D eigenvalue weighted by Gasteiger charge is -2.38. The van der Waals surface area contributed by atoms with E-state index >= 15 is 0 Å². The van der Waals surface area contributed by atoms with Crippen molar-refractivity contribution >= 4 is 48.5 Å². The summed E-state index contributed by atoms with van der Waals surface area (Å²) in [7, 11) is -2.85. The number of nitrogens with zero attached hydrogens (tertiary/aromatic N) is 4. The summed E-state index contributed by atoms with van der Waals surface area (Å²) in [5, 5.41) is 3.23. The molecular formula is C20H24N4O2S3. The van der Waals surface area contributed by atoms with Gasteiger partial charge in [-0.3, -0.25) is 4.90 Å². The molecule has 0 amide bonds. The summed E-state index contributed by atoms with van der Waals surface area (Å²) in [5.74, 6) is 2.48. The highest BCUT2D eigenvalue weighted by Crippen LogP contribution is 2.37. The summed E-state index contributed by atoms with van der Waals surface area (Å²) in [4.78, 5) is 18.0. The van der Waals surface area contributed by atoms with Gasteiger partial charge < -0.3 is 4.90 Å². The third kappa shape index (κ3) is 3.58. The summed E-state index contributed by atoms with van der Waals surface area (Å²) < 4.78 is 23.7. The number of aromatic nitrogens is 2. The van der Waals surface area contributed by atoms with E-state index in [2.05, 4.69) is 35.1 Å². The third-order valence-electron chi connectivity index (χ3n) is 6.09. The molecule has 6 nitrogen and oxygen atoms in total. The van der Waals surface area contributed by atoms with Crippen LogP contribution in [-0.4, -0.2) is 67.0 Å². The average molecular weight is 449 g/mol. The maximum absolute atomic E-state index is 11.9. The van der Waals surface area contributed by atoms with Crippen LogP contribution in [0.4, 0.5) is 5.82 Å². The molecule has 0 bridgehead atoms. The van der Waals surface area contributed by atoms with Crippen molar-refractivity contribution in [2.24, 2.45) is 0 Å². The summed E-state index contributed by atoms with van der Waals surface area (Å²) in [5.41, 5.74) is 1.27. The number of sulfone groups is 1. The van der Waals surface area contributed by atoms with Gasteiger partial charge in [0.05, 0.1) is 21.8 Å². The van der Waals surface area contributed by atoms with Crippen molar-refractivity contribution in [2.45, 2.75) is 26.3 Å². The second-order valence-corrected chi connectivity index (χ2v) is 12.3. The molecule has 2 saturated heterocycles. The molecule has 2 aliphatic heterocycles. The predicted molar refractivity (Wildman–Crippen MR) is 121 cm³/mol. The van der Waals surface area contributed by atoms with E-state index < -0.39 is 9.84 Å². The summed E-state index contributed by atoms with van der Waals surface area (Å²) in [6.07, 6.45) is 0.769. The minimum atomic E-state index is -2.85. The Morgan fingerprint density at radius 3 is 2.59 bits per heavy atom. The number of aryl methyl sites for hydroxylation is 2. The van der Waals surface area contributed by atoms with E-state index in [1.165, 1.54) is 15.8 Å². The number of hydrogen-bond donors (Lipinski definition) is 0. The zero-order valence-electron chi connectivity index (χ0n) is 16.6. The van der Waals surface area contributed by atoms with Crippen LogP contribution in [0.1, 0.15) is 16.9 Å². The van der Waals surface area contributed by atoms with Crippen LogP contribution in [0.5, 0.6) is 0 Å². The molecule has 0 aromatic carbocycles. The summed E-state index contributed by atoms with van der Waals surface area (Å²) in [6.45, 7) is 7.78. The largest absolute Gasteiger partial charge is 0.353 e. The number of fused-ring (bicyclic) bond motifs is 1. The van der Waals surface area contributed by atoms with Crippen LogP contribution < -0.4 is 4.90 Å². The Balaban J connectivity index is 1.45. The molecule has 2 fully saturated rings. The van der Waals surface area contributed by atoms with Gasteiger partial charge in [0.2, 0.25) is 0 Å². The van der Waals surface area contributed by atoms with Crippen molar-refractivity contribution in [3.05, 3.63) is 28.0 Å². The lowest BCUT2D eigenvalue weighted by Crippen LogP contribution is -2.51. The van der Waals surface area contributed by atoms with Crippen LogP contribution in [0.3, 0.4) is 0 Å². The number of hydrogen-bond acceptors (Lipinski definition) is 8. The van der Waals surface area contributed by atoms with Crippen molar-refractivity contribution < 1.29 is 8.42 Å². The first-order chi connectivity index (χ1) is 13.9. The third-order valence-corrected chi connectivity index (χ3v) is 9.81. The van der Waals surface area contributed by atoms with E-state index in [1.807, 2.05) is 6.07 Å². The molecule has 0 aliphatic carbocycles. The highest BCUT2D eigenvalue weighted by Gasteiger charge is 2.34. The molecule has 0 saturated carbocycles. The molecule has 5 rings (SSSR count). The Bertz CT molecular complexity index is 1150. The van der Waals surface area contributed by atoms with Crippen LogP contribution in [0.15, 0.2) is 17.5 Å². The van der Waals surface area contributed by atoms with Gasteiger partial charge in [0, 0.05) is 37.1 Å². The normalized spacial score (nSPS) is 22.6. The molecule has 29 heavy (non-hydrogen) atoms. The van der Waals surface area contributed by atoms with Crippen molar-refractivity contribution in [3.8, 4) is 10.7 Å². The van der Waals surface area contributed by atoms with Crippen LogP contribution in [0.25, 0.3) is 20.9 Å². The van der Waals surface area contributed by atoms with Gasteiger partial charge in [-0.15, -0.1) is 22.7 Å². The molecule has 0 spiro atoms. The topological polar surface area (TPSA) is 66.4 Å². The fourth-order valence-corrected chi connectivity index (χ4v) is 7.78. The van der Waals surface area contributed by atoms with Crippen molar-refractivity contribution in [3.63, 3.8) is 0 Å². The molecule has 2 aliphatic rings. The first-order valence-corrected chi connectivity index (χ1v) is 13.4. The van der Waals surface area contributed by atoms with Gasteiger partial charge in [0.15, 0.2) is 15.7 Å². The zero-order valence-corrected chi connectivity index (χ0v) is 19.0. The first kappa shape index (κ1) is 19.4. The number of piperazine rings is 1. The zero-order chi connectivity index (χ0) is 20.2. The quantitative estimate of drug-likeness (QED) is 0.612. The monoisotopic (exact) mass is 448 g/mol. The van der Waals surface area contributed by atoms with E-state index in [4.69, 9.17) is 9.97 Å². The Kier molecular flexibility index (Phi) is 4.89. The number of rotatable bonds is 3. The van der Waals surface area contributed by atoms with Crippen LogP contribution in [-0.2, 0) is 9.84 Å². The molecule has 9 heteroatoms. The van der Waals surface area contributed by atoms with Crippen LogP contribution in [0, 0.1) is 13.8 Å². The number of anilines is 1. The molecule has 0 radical (unpaired) electrons. The minimum absolute atomic E-state index is 0.180. The van der Waals surface area contributed by atoms with Gasteiger partial charge in [-0.05, 0) is 37.3 Å². The van der Waals surface area contributed by atoms with E-state index in [0.717, 1.165) is 53.9 Å². The molecule has 0 N–H and O–H groups in total. The van der Waals surface area contributed by atoms with Gasteiger partial charge in [0.25, 0.3) is 0 Å². The lowest BCUT2D eigenvalue weighted by atomic mass is 10.1. The Morgan fingerprint density at radius 1 is 1.14 bits per heavy atom. The summed E-state index contributed by atoms with van der Waals surface area (Å²) in [6, 6.07) is 4.29. The number of thiophene rings is 2. The maximum Gasteiger partial charge on any atom is 0.173 e. The van der Waals surface area contributed by atoms with Crippen LogP contribution in [0.2, 0.25) is 0 Å². The Morgan fingerprint density at radius 2 is 1.93 bits per heavy atom. The average Bonchev–Trinajstić information content (AvgIpc) is 3.42. The van der Waals surface area contributed by atoms with Gasteiger partial charge in [-0.1, -0.05) is 6.07 Å². The predicted octanol–water partition coefficient (Wildman–Crippen LogP) is 3.35. The second-order valence-electron chi connectivity index (χ2n) is 7.89. The highest BCUT2D eigenvalue weighted by atomic mass is 32.2. The molecule has 1 unspecified atom stereocenters. The van der Waals surface area contributed by atoms with Gasteiger partial charge in [-0.25, -0.2) is 18.4 Å². The van der Waals surface area contributed by atoms with Crippen molar-refractivity contribution in [2.75, 3.05) is 42.6 Å². The van der Waals surface area contributed by atoms with E-state index in [-0.39, 0.29) is 6.04 Å². The van der Waals surface area contributed by atoms with E-state index in [9.17, 15) is 8.42 Å². The van der Waals surface area contributed by atoms with Gasteiger partial charge >= 0.3 is 0 Å². The standard InChI is InChI=1S/C20H24N4O2S3/c1-13-14(2)28-20-17(13)19(21-18(22-20)16-4-3-10-27-16)24-8-6-23(7-9-24)15-5-11-29(25,26)12-15/h3-4,10,15H,5-9,11-12H2,1-2H3. The first-order valence-electron chi connectivity index (χ1n) is 9.92. The molecule has 3 aromatic heterocycles. The summed E-state index contributed by atoms with van der Waals surface area (Å²) >= 11 is 3.40. The second kappa shape index (κ2) is 7.30. The fourth-order valence-electron chi connectivity index (χ4n) is 4.34. The fraction of sp³-hybridized carbons (Fsp3) is 0.500. The van der Waals surface area contributed by atoms with Crippen LogP contribution >= 0.6 is 22.7 Å². The minimum Gasteiger partial charge on any atom is -0.353 e.